The fourth-order valence-corrected chi connectivity index (χ4v) is 3.66. The molecule has 2 N–H and O–H groups in total. The first-order valence-electron chi connectivity index (χ1n) is 8.75. The van der Waals surface area contributed by atoms with Crippen LogP contribution in [-0.2, 0) is 19.6 Å². The third-order valence-corrected chi connectivity index (χ3v) is 6.34. The van der Waals surface area contributed by atoms with E-state index in [0.29, 0.717) is 10.7 Å². The predicted molar refractivity (Wildman–Crippen MR) is 119 cm³/mol. The molecule has 0 bridgehead atoms. The molecule has 11 heteroatoms. The van der Waals surface area contributed by atoms with Crippen LogP contribution in [0.2, 0.25) is 10.0 Å². The molecule has 8 nitrogen and oxygen atoms in total. The standard InChI is InChI=1S/C19H22Cl2N4O4S/c1-24(2)30(28,29)15-8-9-16(21)17(10-15)23-19(27)12-25(3)11-18(26)22-14-6-4-13(20)5-7-14/h4-10H,11-12H2,1-3H3,(H,22,26)(H,23,27). The molecule has 2 amide bonds. The van der Waals surface area contributed by atoms with Crippen molar-refractivity contribution < 1.29 is 18.0 Å². The number of nitrogens with one attached hydrogen (secondary N) is 2. The molecular weight excluding hydrogens is 451 g/mol. The highest BCUT2D eigenvalue weighted by Crippen LogP contribution is 2.26. The molecule has 0 heterocycles. The summed E-state index contributed by atoms with van der Waals surface area (Å²) in [7, 11) is 0.753. The summed E-state index contributed by atoms with van der Waals surface area (Å²) >= 11 is 11.9. The Hall–Kier alpha value is -2.17. The van der Waals surface area contributed by atoms with Crippen molar-refractivity contribution in [1.29, 1.82) is 0 Å². The molecule has 162 valence electrons. The molecule has 0 aliphatic carbocycles. The number of hydrogen-bond donors (Lipinski definition) is 2. The third kappa shape index (κ3) is 6.68. The number of carbonyl (C=O) groups excluding carboxylic acids is 2. The molecule has 0 atom stereocenters. The van der Waals surface area contributed by atoms with Crippen LogP contribution in [0.25, 0.3) is 0 Å². The van der Waals surface area contributed by atoms with E-state index in [1.54, 1.807) is 31.3 Å². The molecule has 0 aliphatic heterocycles. The van der Waals surface area contributed by atoms with Gasteiger partial charge in [0, 0.05) is 24.8 Å². The summed E-state index contributed by atoms with van der Waals surface area (Å²) in [6, 6.07) is 10.7. The summed E-state index contributed by atoms with van der Waals surface area (Å²) in [5.41, 5.74) is 0.761. The lowest BCUT2D eigenvalue weighted by Gasteiger charge is -2.17. The minimum atomic E-state index is -3.67. The minimum absolute atomic E-state index is 0.00268. The van der Waals surface area contributed by atoms with Gasteiger partial charge in [-0.05, 0) is 49.5 Å². The maximum Gasteiger partial charge on any atom is 0.242 e. The number of nitrogens with zero attached hydrogens (tertiary/aromatic N) is 2. The van der Waals surface area contributed by atoms with Crippen molar-refractivity contribution >= 4 is 56.4 Å². The first-order chi connectivity index (χ1) is 14.0. The van der Waals surface area contributed by atoms with Crippen LogP contribution in [-0.4, -0.2) is 63.7 Å². The van der Waals surface area contributed by atoms with Gasteiger partial charge in [0.25, 0.3) is 0 Å². The van der Waals surface area contributed by atoms with Gasteiger partial charge in [0.2, 0.25) is 21.8 Å². The number of rotatable bonds is 8. The summed E-state index contributed by atoms with van der Waals surface area (Å²) in [6.07, 6.45) is 0. The largest absolute Gasteiger partial charge is 0.325 e. The highest BCUT2D eigenvalue weighted by atomic mass is 35.5. The quantitative estimate of drug-likeness (QED) is 0.615. The summed E-state index contributed by atoms with van der Waals surface area (Å²) in [5.74, 6) is -0.747. The molecule has 2 rings (SSSR count). The molecule has 2 aromatic carbocycles. The van der Waals surface area contributed by atoms with Gasteiger partial charge in [0.05, 0.1) is 28.7 Å². The highest BCUT2D eigenvalue weighted by Gasteiger charge is 2.19. The number of likely N-dealkylation sites (N-methyl/N-ethyl adjacent to an activating group) is 1. The Morgan fingerprint density at radius 1 is 0.900 bits per heavy atom. The molecule has 0 radical (unpaired) electrons. The number of benzene rings is 2. The van der Waals surface area contributed by atoms with E-state index in [1.807, 2.05) is 0 Å². The SMILES string of the molecule is CN(CC(=O)Nc1ccc(Cl)cc1)CC(=O)Nc1cc(S(=O)(=O)N(C)C)ccc1Cl. The number of halogens is 2. The molecule has 0 aliphatic rings. The molecule has 0 aromatic heterocycles. The zero-order chi connectivity index (χ0) is 22.5. The zero-order valence-corrected chi connectivity index (χ0v) is 19.0. The Labute approximate surface area is 185 Å². The van der Waals surface area contributed by atoms with Gasteiger partial charge in [-0.25, -0.2) is 12.7 Å². The fourth-order valence-electron chi connectivity index (χ4n) is 2.44. The van der Waals surface area contributed by atoms with Crippen molar-refractivity contribution in [1.82, 2.24) is 9.21 Å². The van der Waals surface area contributed by atoms with Crippen LogP contribution in [0.1, 0.15) is 0 Å². The van der Waals surface area contributed by atoms with E-state index >= 15 is 0 Å². The first kappa shape index (κ1) is 24.1. The van der Waals surface area contributed by atoms with Crippen molar-refractivity contribution in [2.45, 2.75) is 4.90 Å². The van der Waals surface area contributed by atoms with Crippen molar-refractivity contribution in [2.75, 3.05) is 44.9 Å². The van der Waals surface area contributed by atoms with Crippen molar-refractivity contribution in [3.8, 4) is 0 Å². The minimum Gasteiger partial charge on any atom is -0.325 e. The van der Waals surface area contributed by atoms with Crippen LogP contribution >= 0.6 is 23.2 Å². The van der Waals surface area contributed by atoms with Gasteiger partial charge in [-0.3, -0.25) is 14.5 Å². The van der Waals surface area contributed by atoms with Crippen LogP contribution < -0.4 is 10.6 Å². The summed E-state index contributed by atoms with van der Waals surface area (Å²) in [6.45, 7) is -0.131. The van der Waals surface area contributed by atoms with Crippen LogP contribution in [0, 0.1) is 0 Å². The average molecular weight is 473 g/mol. The van der Waals surface area contributed by atoms with E-state index in [9.17, 15) is 18.0 Å². The Morgan fingerprint density at radius 2 is 1.47 bits per heavy atom. The smallest absolute Gasteiger partial charge is 0.242 e. The molecular formula is C19H22Cl2N4O4S. The Kier molecular flexibility index (Phi) is 8.22. The van der Waals surface area contributed by atoms with E-state index in [1.165, 1.54) is 37.2 Å². The van der Waals surface area contributed by atoms with E-state index in [0.717, 1.165) is 4.31 Å². The van der Waals surface area contributed by atoms with Crippen LogP contribution in [0.4, 0.5) is 11.4 Å². The second-order valence-electron chi connectivity index (χ2n) is 6.70. The van der Waals surface area contributed by atoms with Crippen molar-refractivity contribution in [3.63, 3.8) is 0 Å². The van der Waals surface area contributed by atoms with Crippen LogP contribution in [0.5, 0.6) is 0 Å². The molecule has 0 saturated carbocycles. The molecule has 0 unspecified atom stereocenters. The van der Waals surface area contributed by atoms with Crippen LogP contribution in [0.15, 0.2) is 47.4 Å². The average Bonchev–Trinajstić information content (AvgIpc) is 2.64. The first-order valence-corrected chi connectivity index (χ1v) is 10.9. The lowest BCUT2D eigenvalue weighted by molar-refractivity contribution is -0.119. The molecule has 2 aromatic rings. The van der Waals surface area contributed by atoms with E-state index < -0.39 is 15.9 Å². The highest BCUT2D eigenvalue weighted by molar-refractivity contribution is 7.89. The Morgan fingerprint density at radius 3 is 2.03 bits per heavy atom. The number of hydrogen-bond acceptors (Lipinski definition) is 5. The van der Waals surface area contributed by atoms with Gasteiger partial charge in [-0.1, -0.05) is 23.2 Å². The van der Waals surface area contributed by atoms with Gasteiger partial charge < -0.3 is 10.6 Å². The maximum atomic E-state index is 12.3. The summed E-state index contributed by atoms with van der Waals surface area (Å²) < 4.78 is 25.6. The van der Waals surface area contributed by atoms with E-state index in [2.05, 4.69) is 10.6 Å². The Bertz CT molecular complexity index is 1030. The fraction of sp³-hybridized carbons (Fsp3) is 0.263. The lowest BCUT2D eigenvalue weighted by Crippen LogP contribution is -2.36. The molecule has 0 spiro atoms. The van der Waals surface area contributed by atoms with Crippen molar-refractivity contribution in [2.24, 2.45) is 0 Å². The maximum absolute atomic E-state index is 12.3. The van der Waals surface area contributed by atoms with Gasteiger partial charge in [-0.2, -0.15) is 0 Å². The number of sulfonamides is 1. The zero-order valence-electron chi connectivity index (χ0n) is 16.6. The topological polar surface area (TPSA) is 98.8 Å². The van der Waals surface area contributed by atoms with Gasteiger partial charge in [-0.15, -0.1) is 0 Å². The second-order valence-corrected chi connectivity index (χ2v) is 9.70. The molecule has 0 fully saturated rings. The van der Waals surface area contributed by atoms with E-state index in [4.69, 9.17) is 23.2 Å². The summed E-state index contributed by atoms with van der Waals surface area (Å²) in [4.78, 5) is 26.0. The van der Waals surface area contributed by atoms with Gasteiger partial charge in [0.1, 0.15) is 0 Å². The van der Waals surface area contributed by atoms with Gasteiger partial charge >= 0.3 is 0 Å². The van der Waals surface area contributed by atoms with Crippen molar-refractivity contribution in [3.05, 3.63) is 52.5 Å². The Balaban J connectivity index is 1.96. The number of anilines is 2. The monoisotopic (exact) mass is 472 g/mol. The molecule has 30 heavy (non-hydrogen) atoms. The predicted octanol–water partition coefficient (Wildman–Crippen LogP) is 2.75. The van der Waals surface area contributed by atoms with E-state index in [-0.39, 0.29) is 34.6 Å². The van der Waals surface area contributed by atoms with Crippen LogP contribution in [0.3, 0.4) is 0 Å². The lowest BCUT2D eigenvalue weighted by atomic mass is 10.3. The normalized spacial score (nSPS) is 11.6. The molecule has 0 saturated heterocycles. The second kappa shape index (κ2) is 10.2. The third-order valence-electron chi connectivity index (χ3n) is 3.95. The van der Waals surface area contributed by atoms with Gasteiger partial charge in [0.15, 0.2) is 0 Å². The number of amides is 2. The number of carbonyl (C=O) groups is 2. The summed E-state index contributed by atoms with van der Waals surface area (Å²) in [5, 5.41) is 6.04.